The highest BCUT2D eigenvalue weighted by Crippen LogP contribution is 2.28. The van der Waals surface area contributed by atoms with E-state index in [1.165, 1.54) is 0 Å². The van der Waals surface area contributed by atoms with Crippen molar-refractivity contribution in [3.05, 3.63) is 65.0 Å². The predicted molar refractivity (Wildman–Crippen MR) is 81.2 cm³/mol. The molecule has 0 saturated carbocycles. The molecule has 2 nitrogen and oxygen atoms in total. The molecule has 0 fully saturated rings. The molecule has 3 aromatic rings. The maximum atomic E-state index is 12.6. The molecule has 0 spiro atoms. The molecule has 0 bridgehead atoms. The zero-order valence-corrected chi connectivity index (χ0v) is 11.3. The number of hydrogen-bond donors (Lipinski definition) is 1. The summed E-state index contributed by atoms with van der Waals surface area (Å²) in [5, 5.41) is 6.03. The van der Waals surface area contributed by atoms with Crippen LogP contribution in [-0.4, -0.2) is 12.8 Å². The first-order valence-electron chi connectivity index (χ1n) is 6.08. The minimum absolute atomic E-state index is 0.0783. The molecule has 0 radical (unpaired) electrons. The first kappa shape index (κ1) is 11.9. The lowest BCUT2D eigenvalue weighted by atomic mass is 10.0. The van der Waals surface area contributed by atoms with Gasteiger partial charge in [-0.15, -0.1) is 11.3 Å². The third kappa shape index (κ3) is 2.13. The molecule has 0 atom stereocenters. The Morgan fingerprint density at radius 2 is 1.95 bits per heavy atom. The van der Waals surface area contributed by atoms with Crippen LogP contribution in [0.2, 0.25) is 0 Å². The van der Waals surface area contributed by atoms with Gasteiger partial charge in [-0.05, 0) is 18.2 Å². The molecular weight excluding hydrogens is 254 g/mol. The lowest BCUT2D eigenvalue weighted by Crippen LogP contribution is -2.01. The maximum absolute atomic E-state index is 12.6. The highest BCUT2D eigenvalue weighted by atomic mass is 32.1. The van der Waals surface area contributed by atoms with Gasteiger partial charge in [0.1, 0.15) is 0 Å². The number of thiophene rings is 1. The fourth-order valence-electron chi connectivity index (χ4n) is 2.13. The van der Waals surface area contributed by atoms with E-state index in [1.807, 2.05) is 61.0 Å². The number of benzene rings is 2. The number of fused-ring (bicyclic) bond motifs is 1. The van der Waals surface area contributed by atoms with Crippen LogP contribution in [-0.2, 0) is 0 Å². The van der Waals surface area contributed by atoms with E-state index in [-0.39, 0.29) is 5.78 Å². The molecule has 19 heavy (non-hydrogen) atoms. The molecule has 0 saturated heterocycles. The summed E-state index contributed by atoms with van der Waals surface area (Å²) >= 11 is 1.61. The van der Waals surface area contributed by atoms with Gasteiger partial charge in [0.15, 0.2) is 5.78 Å². The number of anilines is 1. The predicted octanol–water partition coefficient (Wildman–Crippen LogP) is 4.17. The van der Waals surface area contributed by atoms with E-state index in [2.05, 4.69) is 5.32 Å². The van der Waals surface area contributed by atoms with Gasteiger partial charge in [-0.2, -0.15) is 0 Å². The van der Waals surface area contributed by atoms with Crippen LogP contribution in [0, 0.1) is 0 Å². The Morgan fingerprint density at radius 3 is 2.79 bits per heavy atom. The van der Waals surface area contributed by atoms with Crippen molar-refractivity contribution in [3.8, 4) is 0 Å². The summed E-state index contributed by atoms with van der Waals surface area (Å²) in [6, 6.07) is 15.6. The van der Waals surface area contributed by atoms with Crippen molar-refractivity contribution in [2.75, 3.05) is 12.4 Å². The molecule has 0 aliphatic carbocycles. The van der Waals surface area contributed by atoms with Crippen molar-refractivity contribution in [3.63, 3.8) is 0 Å². The molecule has 1 aromatic heterocycles. The van der Waals surface area contributed by atoms with Gasteiger partial charge in [0.2, 0.25) is 0 Å². The maximum Gasteiger partial charge on any atom is 0.194 e. The topological polar surface area (TPSA) is 29.1 Å². The fourth-order valence-corrected chi connectivity index (χ4v) is 3.07. The summed E-state index contributed by atoms with van der Waals surface area (Å²) < 4.78 is 1.15. The van der Waals surface area contributed by atoms with Gasteiger partial charge >= 0.3 is 0 Å². The van der Waals surface area contributed by atoms with Crippen molar-refractivity contribution in [1.29, 1.82) is 0 Å². The van der Waals surface area contributed by atoms with Crippen LogP contribution in [0.1, 0.15) is 15.9 Å². The molecule has 2 aromatic carbocycles. The average molecular weight is 267 g/mol. The van der Waals surface area contributed by atoms with Crippen molar-refractivity contribution in [2.45, 2.75) is 0 Å². The minimum Gasteiger partial charge on any atom is -0.388 e. The minimum atomic E-state index is 0.0783. The molecule has 1 heterocycles. The summed E-state index contributed by atoms with van der Waals surface area (Å²) in [4.78, 5) is 12.6. The highest BCUT2D eigenvalue weighted by molar-refractivity contribution is 7.17. The van der Waals surface area contributed by atoms with E-state index >= 15 is 0 Å². The van der Waals surface area contributed by atoms with E-state index in [0.29, 0.717) is 0 Å². The van der Waals surface area contributed by atoms with Crippen LogP contribution in [0.3, 0.4) is 0 Å². The average Bonchev–Trinajstić information content (AvgIpc) is 2.90. The third-order valence-electron chi connectivity index (χ3n) is 3.14. The molecule has 3 rings (SSSR count). The molecule has 0 unspecified atom stereocenters. The molecule has 0 amide bonds. The van der Waals surface area contributed by atoms with E-state index in [4.69, 9.17) is 0 Å². The van der Waals surface area contributed by atoms with Crippen molar-refractivity contribution < 1.29 is 4.79 Å². The Bertz CT molecular complexity index is 745. The van der Waals surface area contributed by atoms with Crippen molar-refractivity contribution in [1.82, 2.24) is 0 Å². The van der Waals surface area contributed by atoms with Crippen LogP contribution in [0.5, 0.6) is 0 Å². The van der Waals surface area contributed by atoms with Gasteiger partial charge in [0, 0.05) is 39.3 Å². The second kappa shape index (κ2) is 4.86. The summed E-state index contributed by atoms with van der Waals surface area (Å²) in [5.41, 5.74) is 2.45. The fraction of sp³-hybridized carbons (Fsp3) is 0.0625. The monoisotopic (exact) mass is 267 g/mol. The summed E-state index contributed by atoms with van der Waals surface area (Å²) in [5.74, 6) is 0.0783. The van der Waals surface area contributed by atoms with Crippen molar-refractivity contribution >= 4 is 32.9 Å². The second-order valence-corrected chi connectivity index (χ2v) is 5.22. The normalized spacial score (nSPS) is 10.6. The smallest absolute Gasteiger partial charge is 0.194 e. The van der Waals surface area contributed by atoms with Gasteiger partial charge < -0.3 is 5.32 Å². The number of carbonyl (C=O) groups is 1. The summed E-state index contributed by atoms with van der Waals surface area (Å²) in [6.45, 7) is 0. The Labute approximate surface area is 115 Å². The Kier molecular flexibility index (Phi) is 3.05. The van der Waals surface area contributed by atoms with Gasteiger partial charge in [0.25, 0.3) is 0 Å². The number of carbonyl (C=O) groups excluding carboxylic acids is 1. The van der Waals surface area contributed by atoms with Gasteiger partial charge in [-0.3, -0.25) is 4.79 Å². The molecular formula is C16H13NOS. The first-order valence-corrected chi connectivity index (χ1v) is 6.96. The third-order valence-corrected chi connectivity index (χ3v) is 4.10. The van der Waals surface area contributed by atoms with Gasteiger partial charge in [-0.25, -0.2) is 0 Å². The summed E-state index contributed by atoms with van der Waals surface area (Å²) in [6.07, 6.45) is 0. The molecule has 94 valence electrons. The van der Waals surface area contributed by atoms with E-state index in [9.17, 15) is 4.79 Å². The standard InChI is InChI=1S/C16H13NOS/c1-17-12-6-4-5-11(9-12)16(18)14-10-19-15-8-3-2-7-13(14)15/h2-10,17H,1H3. The second-order valence-electron chi connectivity index (χ2n) is 4.31. The number of rotatable bonds is 3. The Morgan fingerprint density at radius 1 is 1.11 bits per heavy atom. The molecule has 0 aliphatic heterocycles. The first-order chi connectivity index (χ1) is 9.29. The van der Waals surface area contributed by atoms with Crippen LogP contribution in [0.25, 0.3) is 10.1 Å². The Hall–Kier alpha value is -2.13. The number of nitrogens with one attached hydrogen (secondary N) is 1. The zero-order valence-electron chi connectivity index (χ0n) is 10.5. The van der Waals surface area contributed by atoms with Gasteiger partial charge in [-0.1, -0.05) is 30.3 Å². The molecule has 0 aliphatic rings. The highest BCUT2D eigenvalue weighted by Gasteiger charge is 2.14. The largest absolute Gasteiger partial charge is 0.388 e. The van der Waals surface area contributed by atoms with E-state index < -0.39 is 0 Å². The van der Waals surface area contributed by atoms with E-state index in [1.54, 1.807) is 11.3 Å². The SMILES string of the molecule is CNc1cccc(C(=O)c2csc3ccccc23)c1. The number of ketones is 1. The van der Waals surface area contributed by atoms with Crippen LogP contribution >= 0.6 is 11.3 Å². The van der Waals surface area contributed by atoms with Gasteiger partial charge in [0.05, 0.1) is 0 Å². The Balaban J connectivity index is 2.08. The lowest BCUT2D eigenvalue weighted by Gasteiger charge is -2.03. The number of hydrogen-bond acceptors (Lipinski definition) is 3. The molecule has 3 heteroatoms. The lowest BCUT2D eigenvalue weighted by molar-refractivity contribution is 0.104. The zero-order chi connectivity index (χ0) is 13.2. The summed E-state index contributed by atoms with van der Waals surface area (Å²) in [7, 11) is 1.85. The van der Waals surface area contributed by atoms with Crippen LogP contribution < -0.4 is 5.32 Å². The van der Waals surface area contributed by atoms with Crippen LogP contribution in [0.4, 0.5) is 5.69 Å². The molecule has 1 N–H and O–H groups in total. The van der Waals surface area contributed by atoms with Crippen molar-refractivity contribution in [2.24, 2.45) is 0 Å². The van der Waals surface area contributed by atoms with Crippen LogP contribution in [0.15, 0.2) is 53.9 Å². The quantitative estimate of drug-likeness (QED) is 0.721. The van der Waals surface area contributed by atoms with E-state index in [0.717, 1.165) is 26.9 Å².